The van der Waals surface area contributed by atoms with Gasteiger partial charge in [0, 0.05) is 18.5 Å². The standard InChI is InChI=1S/C21H25N3O3/c1-13-18(22-12-27-13)21(25)24-11-17(14-3-5-16(26-2)6-4-14)20-19(24)15-7-9-23(20)10-8-15/h3-6,12,15,17,19-20H,7-11H2,1-2H3/t17-,19+,20+/m0/s1. The minimum Gasteiger partial charge on any atom is -0.497 e. The number of hydrogen-bond donors (Lipinski definition) is 0. The van der Waals surface area contributed by atoms with Crippen molar-refractivity contribution in [3.05, 3.63) is 47.7 Å². The summed E-state index contributed by atoms with van der Waals surface area (Å²) in [7, 11) is 1.69. The van der Waals surface area contributed by atoms with Gasteiger partial charge in [0.2, 0.25) is 0 Å². The molecule has 1 aromatic heterocycles. The fourth-order valence-corrected chi connectivity index (χ4v) is 5.45. The van der Waals surface area contributed by atoms with Crippen LogP contribution in [0.15, 0.2) is 35.1 Å². The summed E-state index contributed by atoms with van der Waals surface area (Å²) in [5.41, 5.74) is 1.74. The molecule has 4 fully saturated rings. The molecule has 3 atom stereocenters. The van der Waals surface area contributed by atoms with Gasteiger partial charge in [0.1, 0.15) is 11.5 Å². The van der Waals surface area contributed by atoms with Crippen LogP contribution in [0.4, 0.5) is 0 Å². The molecule has 0 aliphatic carbocycles. The highest BCUT2D eigenvalue weighted by molar-refractivity contribution is 5.93. The lowest BCUT2D eigenvalue weighted by Gasteiger charge is -2.51. The molecule has 142 valence electrons. The molecule has 6 rings (SSSR count). The van der Waals surface area contributed by atoms with Crippen LogP contribution in [0.1, 0.15) is 40.6 Å². The first-order valence-corrected chi connectivity index (χ1v) is 9.76. The lowest BCUT2D eigenvalue weighted by Crippen LogP contribution is -2.60. The Morgan fingerprint density at radius 2 is 1.93 bits per heavy atom. The number of carbonyl (C=O) groups is 1. The van der Waals surface area contributed by atoms with Gasteiger partial charge in [-0.15, -0.1) is 0 Å². The zero-order valence-corrected chi connectivity index (χ0v) is 15.8. The smallest absolute Gasteiger partial charge is 0.276 e. The van der Waals surface area contributed by atoms with E-state index in [1.807, 2.05) is 19.1 Å². The van der Waals surface area contributed by atoms with Gasteiger partial charge in [-0.1, -0.05) is 12.1 Å². The highest BCUT2D eigenvalue weighted by Crippen LogP contribution is 2.47. The second-order valence-electron chi connectivity index (χ2n) is 7.95. The predicted molar refractivity (Wildman–Crippen MR) is 99.9 cm³/mol. The molecule has 0 radical (unpaired) electrons. The Morgan fingerprint density at radius 3 is 2.56 bits per heavy atom. The second kappa shape index (κ2) is 6.37. The van der Waals surface area contributed by atoms with E-state index in [-0.39, 0.29) is 11.9 Å². The summed E-state index contributed by atoms with van der Waals surface area (Å²) in [6, 6.07) is 9.00. The minimum atomic E-state index is 0.0148. The number of fused-ring (bicyclic) bond motifs is 2. The van der Waals surface area contributed by atoms with Crippen molar-refractivity contribution in [2.45, 2.75) is 37.8 Å². The summed E-state index contributed by atoms with van der Waals surface area (Å²) in [4.78, 5) is 22.2. The van der Waals surface area contributed by atoms with Gasteiger partial charge < -0.3 is 14.1 Å². The van der Waals surface area contributed by atoms with E-state index in [0.29, 0.717) is 29.3 Å². The van der Waals surface area contributed by atoms with Crippen LogP contribution in [0.5, 0.6) is 5.75 Å². The van der Waals surface area contributed by atoms with E-state index < -0.39 is 0 Å². The summed E-state index contributed by atoms with van der Waals surface area (Å²) >= 11 is 0. The Labute approximate surface area is 159 Å². The SMILES string of the molecule is COc1ccc([C@@H]2CN(C(=O)c3ncoc3C)[C@@H]3C4CCN(CC4)[C@@H]32)cc1. The lowest BCUT2D eigenvalue weighted by molar-refractivity contribution is -0.00361. The number of nitrogens with zero attached hydrogens (tertiary/aromatic N) is 3. The van der Waals surface area contributed by atoms with Crippen molar-refractivity contribution in [1.82, 2.24) is 14.8 Å². The van der Waals surface area contributed by atoms with Crippen molar-refractivity contribution in [3.63, 3.8) is 0 Å². The van der Waals surface area contributed by atoms with Crippen LogP contribution >= 0.6 is 0 Å². The number of rotatable bonds is 3. The number of hydrogen-bond acceptors (Lipinski definition) is 5. The first kappa shape index (κ1) is 16.8. The molecule has 0 saturated carbocycles. The monoisotopic (exact) mass is 367 g/mol. The fraction of sp³-hybridized carbons (Fsp3) is 0.524. The maximum absolute atomic E-state index is 13.3. The molecule has 0 N–H and O–H groups in total. The van der Waals surface area contributed by atoms with Gasteiger partial charge in [0.25, 0.3) is 5.91 Å². The van der Waals surface area contributed by atoms with E-state index in [0.717, 1.165) is 25.4 Å². The molecule has 4 aliphatic rings. The van der Waals surface area contributed by atoms with Crippen molar-refractivity contribution < 1.29 is 13.9 Å². The molecule has 6 heteroatoms. The Hall–Kier alpha value is -2.34. The zero-order valence-electron chi connectivity index (χ0n) is 15.8. The van der Waals surface area contributed by atoms with Crippen LogP contribution in [0.25, 0.3) is 0 Å². The maximum atomic E-state index is 13.3. The van der Waals surface area contributed by atoms with Crippen molar-refractivity contribution in [1.29, 1.82) is 0 Å². The molecule has 0 spiro atoms. The van der Waals surface area contributed by atoms with Crippen molar-refractivity contribution in [3.8, 4) is 5.75 Å². The molecule has 6 nitrogen and oxygen atoms in total. The average molecular weight is 367 g/mol. The van der Waals surface area contributed by atoms with Crippen molar-refractivity contribution in [2.75, 3.05) is 26.7 Å². The lowest BCUT2D eigenvalue weighted by atomic mass is 9.75. The molecule has 1 amide bonds. The molecular formula is C21H25N3O3. The van der Waals surface area contributed by atoms with Crippen LogP contribution in [-0.2, 0) is 0 Å². The Bertz CT molecular complexity index is 839. The van der Waals surface area contributed by atoms with Gasteiger partial charge in [-0.05, 0) is 56.5 Å². The molecule has 2 aromatic rings. The van der Waals surface area contributed by atoms with Crippen LogP contribution < -0.4 is 4.74 Å². The summed E-state index contributed by atoms with van der Waals surface area (Å²) in [5.74, 6) is 2.39. The molecule has 2 bridgehead atoms. The minimum absolute atomic E-state index is 0.0148. The topological polar surface area (TPSA) is 58.8 Å². The quantitative estimate of drug-likeness (QED) is 0.835. The summed E-state index contributed by atoms with van der Waals surface area (Å²) in [6.07, 6.45) is 3.73. The van der Waals surface area contributed by atoms with E-state index in [9.17, 15) is 4.79 Å². The number of amides is 1. The molecular weight excluding hydrogens is 342 g/mol. The Kier molecular flexibility index (Phi) is 3.97. The van der Waals surface area contributed by atoms with Crippen LogP contribution in [0.2, 0.25) is 0 Å². The highest BCUT2D eigenvalue weighted by Gasteiger charge is 2.55. The number of piperidine rings is 3. The van der Waals surface area contributed by atoms with Gasteiger partial charge >= 0.3 is 0 Å². The number of carbonyl (C=O) groups excluding carboxylic acids is 1. The van der Waals surface area contributed by atoms with E-state index in [1.54, 1.807) is 7.11 Å². The first-order chi connectivity index (χ1) is 13.2. The number of methoxy groups -OCH3 is 1. The van der Waals surface area contributed by atoms with E-state index in [4.69, 9.17) is 9.15 Å². The van der Waals surface area contributed by atoms with Crippen LogP contribution in [0.3, 0.4) is 0 Å². The van der Waals surface area contributed by atoms with Crippen LogP contribution in [0, 0.1) is 12.8 Å². The van der Waals surface area contributed by atoms with Gasteiger partial charge in [0.15, 0.2) is 12.1 Å². The van der Waals surface area contributed by atoms with Gasteiger partial charge in [-0.2, -0.15) is 0 Å². The van der Waals surface area contributed by atoms with Gasteiger partial charge in [-0.3, -0.25) is 9.69 Å². The number of likely N-dealkylation sites (tertiary alicyclic amines) is 1. The number of aryl methyl sites for hydroxylation is 1. The van der Waals surface area contributed by atoms with Crippen LogP contribution in [-0.4, -0.2) is 59.5 Å². The number of benzene rings is 1. The number of oxazole rings is 1. The Balaban J connectivity index is 1.51. The first-order valence-electron chi connectivity index (χ1n) is 9.76. The summed E-state index contributed by atoms with van der Waals surface area (Å²) in [5, 5.41) is 0. The molecule has 1 aromatic carbocycles. The third-order valence-electron chi connectivity index (χ3n) is 6.75. The fourth-order valence-electron chi connectivity index (χ4n) is 5.45. The predicted octanol–water partition coefficient (Wildman–Crippen LogP) is 2.69. The number of aromatic nitrogens is 1. The maximum Gasteiger partial charge on any atom is 0.276 e. The second-order valence-corrected chi connectivity index (χ2v) is 7.95. The average Bonchev–Trinajstić information content (AvgIpc) is 3.34. The molecule has 4 saturated heterocycles. The summed E-state index contributed by atoms with van der Waals surface area (Å²) in [6.45, 7) is 4.83. The van der Waals surface area contributed by atoms with E-state index in [1.165, 1.54) is 24.8 Å². The molecule has 4 aliphatic heterocycles. The zero-order chi connectivity index (χ0) is 18.5. The molecule has 27 heavy (non-hydrogen) atoms. The molecule has 0 unspecified atom stereocenters. The number of ether oxygens (including phenoxy) is 1. The van der Waals surface area contributed by atoms with E-state index >= 15 is 0 Å². The summed E-state index contributed by atoms with van der Waals surface area (Å²) < 4.78 is 10.6. The van der Waals surface area contributed by atoms with Gasteiger partial charge in [0.05, 0.1) is 13.2 Å². The molecule has 5 heterocycles. The third kappa shape index (κ3) is 2.57. The van der Waals surface area contributed by atoms with E-state index in [2.05, 4.69) is 26.9 Å². The Morgan fingerprint density at radius 1 is 1.19 bits per heavy atom. The third-order valence-corrected chi connectivity index (χ3v) is 6.75. The highest BCUT2D eigenvalue weighted by atomic mass is 16.5. The van der Waals surface area contributed by atoms with Gasteiger partial charge in [-0.25, -0.2) is 4.98 Å². The largest absolute Gasteiger partial charge is 0.497 e. The van der Waals surface area contributed by atoms with Crippen molar-refractivity contribution in [2.24, 2.45) is 5.92 Å². The van der Waals surface area contributed by atoms with Crippen molar-refractivity contribution >= 4 is 5.91 Å². The normalized spacial score (nSPS) is 31.8.